The minimum atomic E-state index is -0.234. The lowest BCUT2D eigenvalue weighted by Crippen LogP contribution is -2.34. The molecule has 0 aliphatic heterocycles. The first-order valence-corrected chi connectivity index (χ1v) is 7.54. The molecule has 0 amide bonds. The van der Waals surface area contributed by atoms with Gasteiger partial charge >= 0.3 is 0 Å². The van der Waals surface area contributed by atoms with Crippen molar-refractivity contribution >= 4 is 15.9 Å². The summed E-state index contributed by atoms with van der Waals surface area (Å²) < 4.78 is 14.8. The van der Waals surface area contributed by atoms with Gasteiger partial charge in [-0.15, -0.1) is 0 Å². The van der Waals surface area contributed by atoms with Gasteiger partial charge in [0.1, 0.15) is 5.82 Å². The Morgan fingerprint density at radius 2 is 2.11 bits per heavy atom. The molecule has 0 fully saturated rings. The molecule has 4 heteroatoms. The molecule has 19 heavy (non-hydrogen) atoms. The first-order chi connectivity index (χ1) is 8.83. The first-order valence-electron chi connectivity index (χ1n) is 6.75. The summed E-state index contributed by atoms with van der Waals surface area (Å²) in [7, 11) is 0. The number of rotatable bonds is 7. The fraction of sp³-hybridized carbons (Fsp3) is 0.600. The van der Waals surface area contributed by atoms with Gasteiger partial charge in [-0.2, -0.15) is 0 Å². The highest BCUT2D eigenvalue weighted by Crippen LogP contribution is 2.27. The van der Waals surface area contributed by atoms with Crippen LogP contribution in [0.15, 0.2) is 22.7 Å². The Morgan fingerprint density at radius 3 is 2.74 bits per heavy atom. The normalized spacial score (nSPS) is 13.6. The quantitative estimate of drug-likeness (QED) is 0.750. The van der Waals surface area contributed by atoms with Crippen molar-refractivity contribution < 1.29 is 4.39 Å². The van der Waals surface area contributed by atoms with Gasteiger partial charge in [0.05, 0.1) is 0 Å². The molecule has 3 N–H and O–H groups in total. The molecule has 0 saturated carbocycles. The van der Waals surface area contributed by atoms with Crippen molar-refractivity contribution in [3.8, 4) is 0 Å². The molecule has 0 radical (unpaired) electrons. The molecule has 0 saturated heterocycles. The minimum Gasteiger partial charge on any atom is -0.328 e. The van der Waals surface area contributed by atoms with Crippen LogP contribution >= 0.6 is 15.9 Å². The average molecular weight is 331 g/mol. The predicted molar refractivity (Wildman–Crippen MR) is 82.9 cm³/mol. The molecule has 1 aromatic carbocycles. The van der Waals surface area contributed by atoms with Gasteiger partial charge in [0.15, 0.2) is 0 Å². The number of hydrogen-bond donors (Lipinski definition) is 2. The second-order valence-electron chi connectivity index (χ2n) is 5.80. The van der Waals surface area contributed by atoms with E-state index in [0.717, 1.165) is 36.0 Å². The van der Waals surface area contributed by atoms with Crippen molar-refractivity contribution in [3.05, 3.63) is 34.1 Å². The topological polar surface area (TPSA) is 38.0 Å². The molecule has 0 heterocycles. The third-order valence-corrected chi connectivity index (χ3v) is 3.73. The predicted octanol–water partition coefficient (Wildman–Crippen LogP) is 3.58. The van der Waals surface area contributed by atoms with Crippen LogP contribution in [0.25, 0.3) is 0 Å². The van der Waals surface area contributed by atoms with Crippen molar-refractivity contribution in [1.82, 2.24) is 5.32 Å². The van der Waals surface area contributed by atoms with Crippen LogP contribution in [0.1, 0.15) is 39.2 Å². The van der Waals surface area contributed by atoms with Crippen molar-refractivity contribution in [3.63, 3.8) is 0 Å². The fourth-order valence-corrected chi connectivity index (χ4v) is 2.42. The van der Waals surface area contributed by atoms with Gasteiger partial charge in [0.2, 0.25) is 0 Å². The van der Waals surface area contributed by atoms with E-state index in [1.165, 1.54) is 6.07 Å². The number of halogens is 2. The molecule has 1 unspecified atom stereocenters. The summed E-state index contributed by atoms with van der Waals surface area (Å²) >= 11 is 3.40. The maximum atomic E-state index is 13.9. The van der Waals surface area contributed by atoms with Gasteiger partial charge in [-0.25, -0.2) is 4.39 Å². The van der Waals surface area contributed by atoms with E-state index in [-0.39, 0.29) is 17.3 Å². The van der Waals surface area contributed by atoms with Gasteiger partial charge in [-0.1, -0.05) is 29.8 Å². The largest absolute Gasteiger partial charge is 0.328 e. The Bertz CT molecular complexity index is 405. The second kappa shape index (κ2) is 7.36. The molecular formula is C15H24BrFN2. The molecular weight excluding hydrogens is 307 g/mol. The highest BCUT2D eigenvalue weighted by molar-refractivity contribution is 9.10. The van der Waals surface area contributed by atoms with E-state index in [2.05, 4.69) is 35.1 Å². The first kappa shape index (κ1) is 16.6. The molecule has 0 bridgehead atoms. The summed E-state index contributed by atoms with van der Waals surface area (Å²) in [5, 5.41) is 3.39. The molecule has 108 valence electrons. The summed E-state index contributed by atoms with van der Waals surface area (Å²) in [6, 6.07) is 5.35. The summed E-state index contributed by atoms with van der Waals surface area (Å²) in [6.07, 6.45) is 2.06. The van der Waals surface area contributed by atoms with E-state index in [1.54, 1.807) is 6.07 Å². The standard InChI is InChI=1S/C15H24BrFN2/c1-11(18)5-4-8-19-10-15(2,3)13-9-12(16)6-7-14(13)17/h6-7,9,11,19H,4-5,8,10,18H2,1-3H3. The Labute approximate surface area is 124 Å². The Morgan fingerprint density at radius 1 is 1.42 bits per heavy atom. The summed E-state index contributed by atoms with van der Waals surface area (Å²) in [5.41, 5.74) is 6.21. The minimum absolute atomic E-state index is 0.148. The highest BCUT2D eigenvalue weighted by Gasteiger charge is 2.23. The molecule has 1 aromatic rings. The zero-order valence-corrected chi connectivity index (χ0v) is 13.6. The maximum Gasteiger partial charge on any atom is 0.127 e. The van der Waals surface area contributed by atoms with E-state index < -0.39 is 0 Å². The highest BCUT2D eigenvalue weighted by atomic mass is 79.9. The van der Waals surface area contributed by atoms with Crippen LogP contribution < -0.4 is 11.1 Å². The lowest BCUT2D eigenvalue weighted by atomic mass is 9.84. The third-order valence-electron chi connectivity index (χ3n) is 3.24. The summed E-state index contributed by atoms with van der Waals surface area (Å²) in [4.78, 5) is 0. The van der Waals surface area contributed by atoms with Crippen LogP contribution in [0.5, 0.6) is 0 Å². The number of hydrogen-bond acceptors (Lipinski definition) is 2. The fourth-order valence-electron chi connectivity index (χ4n) is 2.06. The lowest BCUT2D eigenvalue weighted by Gasteiger charge is -2.26. The Kier molecular flexibility index (Phi) is 6.43. The van der Waals surface area contributed by atoms with Crippen molar-refractivity contribution in [2.24, 2.45) is 5.73 Å². The van der Waals surface area contributed by atoms with Crippen LogP contribution in [0.3, 0.4) is 0 Å². The van der Waals surface area contributed by atoms with Crippen LogP contribution in [-0.4, -0.2) is 19.1 Å². The van der Waals surface area contributed by atoms with Gasteiger partial charge < -0.3 is 11.1 Å². The van der Waals surface area contributed by atoms with Crippen molar-refractivity contribution in [2.75, 3.05) is 13.1 Å². The summed E-state index contributed by atoms with van der Waals surface area (Å²) in [6.45, 7) is 7.79. The van der Waals surface area contributed by atoms with Crippen LogP contribution in [0.4, 0.5) is 4.39 Å². The number of benzene rings is 1. The molecule has 1 rings (SSSR count). The third kappa shape index (κ3) is 5.59. The monoisotopic (exact) mass is 330 g/mol. The van der Waals surface area contributed by atoms with Crippen molar-refractivity contribution in [2.45, 2.75) is 45.1 Å². The van der Waals surface area contributed by atoms with E-state index in [1.807, 2.05) is 13.0 Å². The van der Waals surface area contributed by atoms with Gasteiger partial charge in [0, 0.05) is 22.5 Å². The maximum absolute atomic E-state index is 13.9. The SMILES string of the molecule is CC(N)CCCNCC(C)(C)c1cc(Br)ccc1F. The van der Waals surface area contributed by atoms with E-state index in [0.29, 0.717) is 0 Å². The summed E-state index contributed by atoms with van der Waals surface area (Å²) in [5.74, 6) is -0.148. The lowest BCUT2D eigenvalue weighted by molar-refractivity contribution is 0.438. The smallest absolute Gasteiger partial charge is 0.127 e. The molecule has 0 aromatic heterocycles. The van der Waals surface area contributed by atoms with E-state index in [9.17, 15) is 4.39 Å². The molecule has 0 aliphatic rings. The number of nitrogens with two attached hydrogens (primary N) is 1. The second-order valence-corrected chi connectivity index (χ2v) is 6.72. The van der Waals surface area contributed by atoms with Crippen molar-refractivity contribution in [1.29, 1.82) is 0 Å². The zero-order valence-electron chi connectivity index (χ0n) is 12.0. The van der Waals surface area contributed by atoms with Crippen LogP contribution in [-0.2, 0) is 5.41 Å². The van der Waals surface area contributed by atoms with Gasteiger partial charge in [-0.05, 0) is 50.1 Å². The van der Waals surface area contributed by atoms with E-state index >= 15 is 0 Å². The van der Waals surface area contributed by atoms with Crippen LogP contribution in [0, 0.1) is 5.82 Å². The van der Waals surface area contributed by atoms with Gasteiger partial charge in [0.25, 0.3) is 0 Å². The molecule has 2 nitrogen and oxygen atoms in total. The van der Waals surface area contributed by atoms with Crippen LogP contribution in [0.2, 0.25) is 0 Å². The van der Waals surface area contributed by atoms with E-state index in [4.69, 9.17) is 5.73 Å². The average Bonchev–Trinajstić information content (AvgIpc) is 2.31. The zero-order chi connectivity index (χ0) is 14.5. The Hall–Kier alpha value is -0.450. The Balaban J connectivity index is 2.53. The molecule has 1 atom stereocenters. The molecule has 0 aliphatic carbocycles. The number of nitrogens with one attached hydrogen (secondary N) is 1. The molecule has 0 spiro atoms. The van der Waals surface area contributed by atoms with Gasteiger partial charge in [-0.3, -0.25) is 0 Å².